The lowest BCUT2D eigenvalue weighted by atomic mass is 9.62. The van der Waals surface area contributed by atoms with E-state index in [2.05, 4.69) is 166 Å². The lowest BCUT2D eigenvalue weighted by Gasteiger charge is -2.47. The minimum absolute atomic E-state index is 0.0243. The van der Waals surface area contributed by atoms with Crippen molar-refractivity contribution in [3.8, 4) is 0 Å². The molecule has 1 heteroatoms. The maximum Gasteiger partial charge on any atom is 0.0701 e. The maximum atomic E-state index is 3.87. The predicted octanol–water partition coefficient (Wildman–Crippen LogP) is 9.28. The standard InChI is InChI=1S/C38H37N/c1-28-20-22-29(23-21-28)37(4)27-36(2,3)39-35-25-24-33(26-34(35)37)38(30-14-8-5-9-15-30,31-16-10-6-11-17-31)32-18-12-7-13-19-32/h5-26,39H,27H2,1-4H3. The number of anilines is 1. The van der Waals surface area contributed by atoms with E-state index in [1.165, 1.54) is 44.6 Å². The minimum atomic E-state index is -0.458. The summed E-state index contributed by atoms with van der Waals surface area (Å²) in [4.78, 5) is 0. The summed E-state index contributed by atoms with van der Waals surface area (Å²) >= 11 is 0. The summed E-state index contributed by atoms with van der Waals surface area (Å²) in [5.41, 5.74) is 9.70. The van der Waals surface area contributed by atoms with Crippen LogP contribution in [0.4, 0.5) is 5.69 Å². The van der Waals surface area contributed by atoms with E-state index < -0.39 is 5.41 Å². The molecule has 0 aromatic heterocycles. The van der Waals surface area contributed by atoms with E-state index in [0.717, 1.165) is 6.42 Å². The van der Waals surface area contributed by atoms with Crippen LogP contribution in [0.5, 0.6) is 0 Å². The lowest BCUT2D eigenvalue weighted by molar-refractivity contribution is 0.377. The zero-order valence-electron chi connectivity index (χ0n) is 23.4. The monoisotopic (exact) mass is 507 g/mol. The first-order valence-corrected chi connectivity index (χ1v) is 14.0. The molecule has 1 aliphatic rings. The van der Waals surface area contributed by atoms with Crippen molar-refractivity contribution in [2.24, 2.45) is 0 Å². The first-order valence-electron chi connectivity index (χ1n) is 14.0. The van der Waals surface area contributed by atoms with Crippen LogP contribution in [0, 0.1) is 6.92 Å². The molecular formula is C38H37N. The molecule has 0 bridgehead atoms. The van der Waals surface area contributed by atoms with Crippen molar-refractivity contribution in [3.63, 3.8) is 0 Å². The third-order valence-corrected chi connectivity index (χ3v) is 8.62. The summed E-state index contributed by atoms with van der Waals surface area (Å²) < 4.78 is 0. The molecule has 1 unspecified atom stereocenters. The van der Waals surface area contributed by atoms with Gasteiger partial charge in [0.15, 0.2) is 0 Å². The van der Waals surface area contributed by atoms with Crippen LogP contribution in [-0.4, -0.2) is 5.54 Å². The molecule has 0 saturated carbocycles. The fraction of sp³-hybridized carbons (Fsp3) is 0.211. The Hall–Kier alpha value is -4.10. The van der Waals surface area contributed by atoms with Crippen molar-refractivity contribution in [1.29, 1.82) is 0 Å². The molecule has 0 amide bonds. The molecule has 1 heterocycles. The van der Waals surface area contributed by atoms with E-state index in [4.69, 9.17) is 0 Å². The average molecular weight is 508 g/mol. The lowest BCUT2D eigenvalue weighted by Crippen LogP contribution is -2.45. The van der Waals surface area contributed by atoms with Crippen molar-refractivity contribution in [2.75, 3.05) is 5.32 Å². The normalized spacial score (nSPS) is 18.2. The van der Waals surface area contributed by atoms with E-state index in [0.29, 0.717) is 0 Å². The first kappa shape index (κ1) is 25.2. The molecule has 5 aromatic rings. The van der Waals surface area contributed by atoms with E-state index in [1.807, 2.05) is 0 Å². The van der Waals surface area contributed by atoms with E-state index >= 15 is 0 Å². The van der Waals surface area contributed by atoms with Crippen LogP contribution < -0.4 is 5.32 Å². The molecule has 194 valence electrons. The second-order valence-electron chi connectivity index (χ2n) is 12.0. The molecule has 6 rings (SSSR count). The number of fused-ring (bicyclic) bond motifs is 1. The number of hydrogen-bond acceptors (Lipinski definition) is 1. The van der Waals surface area contributed by atoms with Gasteiger partial charge in [-0.15, -0.1) is 0 Å². The molecule has 0 fully saturated rings. The Balaban J connectivity index is 1.68. The van der Waals surface area contributed by atoms with E-state index in [9.17, 15) is 0 Å². The number of aryl methyl sites for hydroxylation is 1. The zero-order valence-corrected chi connectivity index (χ0v) is 23.4. The first-order chi connectivity index (χ1) is 18.8. The fourth-order valence-corrected chi connectivity index (χ4v) is 6.97. The Morgan fingerprint density at radius 3 is 1.54 bits per heavy atom. The van der Waals surface area contributed by atoms with Gasteiger partial charge in [-0.2, -0.15) is 0 Å². The van der Waals surface area contributed by atoms with Crippen LogP contribution in [0.15, 0.2) is 133 Å². The van der Waals surface area contributed by atoms with Crippen LogP contribution in [-0.2, 0) is 10.8 Å². The van der Waals surface area contributed by atoms with Gasteiger partial charge in [-0.3, -0.25) is 0 Å². The number of rotatable bonds is 5. The van der Waals surface area contributed by atoms with Gasteiger partial charge >= 0.3 is 0 Å². The van der Waals surface area contributed by atoms with E-state index in [-0.39, 0.29) is 11.0 Å². The molecule has 5 aromatic carbocycles. The van der Waals surface area contributed by atoms with Crippen LogP contribution in [0.1, 0.15) is 66.1 Å². The number of benzene rings is 5. The van der Waals surface area contributed by atoms with Gasteiger partial charge in [0, 0.05) is 16.6 Å². The Bertz CT molecular complexity index is 1470. The van der Waals surface area contributed by atoms with Crippen LogP contribution >= 0.6 is 0 Å². The molecule has 39 heavy (non-hydrogen) atoms. The van der Waals surface area contributed by atoms with Gasteiger partial charge in [-0.05, 0) is 66.6 Å². The van der Waals surface area contributed by atoms with Gasteiger partial charge in [-0.1, -0.05) is 140 Å². The van der Waals surface area contributed by atoms with Gasteiger partial charge in [0.1, 0.15) is 0 Å². The average Bonchev–Trinajstić information content (AvgIpc) is 2.95. The number of nitrogens with one attached hydrogen (secondary N) is 1. The molecular weight excluding hydrogens is 470 g/mol. The Labute approximate surface area is 233 Å². The highest BCUT2D eigenvalue weighted by atomic mass is 15.0. The Kier molecular flexibility index (Phi) is 6.19. The van der Waals surface area contributed by atoms with Crippen molar-refractivity contribution < 1.29 is 0 Å². The van der Waals surface area contributed by atoms with Gasteiger partial charge in [-0.25, -0.2) is 0 Å². The van der Waals surface area contributed by atoms with E-state index in [1.54, 1.807) is 0 Å². The SMILES string of the molecule is Cc1ccc(C2(C)CC(C)(C)Nc3ccc(C(c4ccccc4)(c4ccccc4)c4ccccc4)cc32)cc1. The van der Waals surface area contributed by atoms with Crippen molar-refractivity contribution >= 4 is 5.69 Å². The molecule has 0 spiro atoms. The highest BCUT2D eigenvalue weighted by molar-refractivity contribution is 5.68. The maximum absolute atomic E-state index is 3.87. The van der Waals surface area contributed by atoms with Gasteiger partial charge in [0.25, 0.3) is 0 Å². The molecule has 1 atom stereocenters. The van der Waals surface area contributed by atoms with Gasteiger partial charge in [0.2, 0.25) is 0 Å². The summed E-state index contributed by atoms with van der Waals surface area (Å²) in [6, 6.07) is 49.3. The van der Waals surface area contributed by atoms with Crippen molar-refractivity contribution in [2.45, 2.75) is 50.5 Å². The third-order valence-electron chi connectivity index (χ3n) is 8.62. The molecule has 1 nitrogen and oxygen atoms in total. The molecule has 0 saturated heterocycles. The summed E-state index contributed by atoms with van der Waals surface area (Å²) in [6.07, 6.45) is 1.01. The fourth-order valence-electron chi connectivity index (χ4n) is 6.97. The largest absolute Gasteiger partial charge is 0.380 e. The van der Waals surface area contributed by atoms with Crippen LogP contribution in [0.3, 0.4) is 0 Å². The summed E-state index contributed by atoms with van der Waals surface area (Å²) in [7, 11) is 0. The Morgan fingerprint density at radius 1 is 0.564 bits per heavy atom. The third kappa shape index (κ3) is 4.27. The molecule has 0 radical (unpaired) electrons. The molecule has 0 aliphatic carbocycles. The topological polar surface area (TPSA) is 12.0 Å². The quantitative estimate of drug-likeness (QED) is 0.234. The van der Waals surface area contributed by atoms with Crippen LogP contribution in [0.2, 0.25) is 0 Å². The van der Waals surface area contributed by atoms with Gasteiger partial charge in [0.05, 0.1) is 5.41 Å². The summed E-state index contributed by atoms with van der Waals surface area (Å²) in [5, 5.41) is 3.87. The zero-order chi connectivity index (χ0) is 27.1. The summed E-state index contributed by atoms with van der Waals surface area (Å²) in [5.74, 6) is 0. The minimum Gasteiger partial charge on any atom is -0.380 e. The Morgan fingerprint density at radius 2 is 1.05 bits per heavy atom. The predicted molar refractivity (Wildman–Crippen MR) is 165 cm³/mol. The van der Waals surface area contributed by atoms with Crippen molar-refractivity contribution in [1.82, 2.24) is 0 Å². The smallest absolute Gasteiger partial charge is 0.0701 e. The van der Waals surface area contributed by atoms with Crippen molar-refractivity contribution in [3.05, 3.63) is 172 Å². The van der Waals surface area contributed by atoms with Gasteiger partial charge < -0.3 is 5.32 Å². The second-order valence-corrected chi connectivity index (χ2v) is 12.0. The number of hydrogen-bond donors (Lipinski definition) is 1. The summed E-state index contributed by atoms with van der Waals surface area (Å²) in [6.45, 7) is 9.23. The molecule has 1 N–H and O–H groups in total. The highest BCUT2D eigenvalue weighted by Gasteiger charge is 2.44. The highest BCUT2D eigenvalue weighted by Crippen LogP contribution is 2.51. The second kappa shape index (κ2) is 9.58. The van der Waals surface area contributed by atoms with Crippen LogP contribution in [0.25, 0.3) is 0 Å². The molecule has 1 aliphatic heterocycles.